The molecule has 108 valence electrons. The summed E-state index contributed by atoms with van der Waals surface area (Å²) in [4.78, 5) is 0. The number of hydrogen-bond acceptors (Lipinski definition) is 2. The molecule has 0 spiro atoms. The molecule has 2 nitrogen and oxygen atoms in total. The molecule has 0 radical (unpaired) electrons. The van der Waals surface area contributed by atoms with Crippen LogP contribution >= 0.6 is 0 Å². The maximum absolute atomic E-state index is 6.34. The predicted octanol–water partition coefficient (Wildman–Crippen LogP) is 4.16. The fourth-order valence-electron chi connectivity index (χ4n) is 3.40. The minimum Gasteiger partial charge on any atom is -0.490 e. The third-order valence-electron chi connectivity index (χ3n) is 4.48. The molecule has 0 saturated heterocycles. The Bertz CT molecular complexity index is 529. The van der Waals surface area contributed by atoms with Crippen molar-refractivity contribution in [3.63, 3.8) is 0 Å². The van der Waals surface area contributed by atoms with Gasteiger partial charge in [-0.05, 0) is 42.5 Å². The molecule has 0 fully saturated rings. The topological polar surface area (TPSA) is 18.5 Å². The van der Waals surface area contributed by atoms with Crippen molar-refractivity contribution < 1.29 is 9.47 Å². The number of hydrogen-bond donors (Lipinski definition) is 0. The van der Waals surface area contributed by atoms with Crippen molar-refractivity contribution in [3.05, 3.63) is 59.7 Å². The molecule has 4 rings (SSSR count). The molecule has 0 amide bonds. The summed E-state index contributed by atoms with van der Waals surface area (Å²) in [7, 11) is 0. The van der Waals surface area contributed by atoms with E-state index < -0.39 is 0 Å². The van der Waals surface area contributed by atoms with E-state index in [0.717, 1.165) is 43.6 Å². The van der Waals surface area contributed by atoms with Gasteiger partial charge in [0.25, 0.3) is 0 Å². The van der Waals surface area contributed by atoms with Crippen molar-refractivity contribution in [1.29, 1.82) is 0 Å². The van der Waals surface area contributed by atoms with E-state index in [0.29, 0.717) is 0 Å². The molecule has 0 N–H and O–H groups in total. The number of para-hydroxylation sites is 2. The molecule has 2 heteroatoms. The summed E-state index contributed by atoms with van der Waals surface area (Å²) in [5, 5.41) is 0. The molecule has 2 atom stereocenters. The van der Waals surface area contributed by atoms with Gasteiger partial charge in [-0.1, -0.05) is 36.4 Å². The first-order valence-corrected chi connectivity index (χ1v) is 7.87. The van der Waals surface area contributed by atoms with Gasteiger partial charge in [0.05, 0.1) is 0 Å². The van der Waals surface area contributed by atoms with Crippen LogP contribution in [0, 0.1) is 0 Å². The first-order valence-electron chi connectivity index (χ1n) is 7.87. The van der Waals surface area contributed by atoms with E-state index in [1.807, 2.05) is 0 Å². The van der Waals surface area contributed by atoms with Gasteiger partial charge in [0.2, 0.25) is 0 Å². The molecular weight excluding hydrogens is 260 g/mol. The highest BCUT2D eigenvalue weighted by molar-refractivity contribution is 5.38. The third-order valence-corrected chi connectivity index (χ3v) is 4.48. The zero-order valence-corrected chi connectivity index (χ0v) is 12.1. The molecule has 0 saturated carbocycles. The van der Waals surface area contributed by atoms with E-state index in [9.17, 15) is 0 Å². The molecule has 2 aromatic rings. The van der Waals surface area contributed by atoms with Gasteiger partial charge in [-0.25, -0.2) is 0 Å². The van der Waals surface area contributed by atoms with Gasteiger partial charge in [-0.2, -0.15) is 0 Å². The Morgan fingerprint density at radius 2 is 1.14 bits per heavy atom. The van der Waals surface area contributed by atoms with Gasteiger partial charge in [0.1, 0.15) is 23.7 Å². The Morgan fingerprint density at radius 3 is 1.67 bits per heavy atom. The van der Waals surface area contributed by atoms with Crippen molar-refractivity contribution in [2.75, 3.05) is 0 Å². The lowest BCUT2D eigenvalue weighted by Crippen LogP contribution is -2.22. The second-order valence-electron chi connectivity index (χ2n) is 6.03. The zero-order valence-electron chi connectivity index (χ0n) is 12.1. The number of ether oxygens (including phenoxy) is 2. The van der Waals surface area contributed by atoms with E-state index >= 15 is 0 Å². The maximum atomic E-state index is 6.34. The molecule has 2 aliphatic rings. The van der Waals surface area contributed by atoms with E-state index in [1.165, 1.54) is 11.1 Å². The van der Waals surface area contributed by atoms with Crippen LogP contribution in [0.25, 0.3) is 0 Å². The minimum atomic E-state index is 0.243. The monoisotopic (exact) mass is 280 g/mol. The Labute approximate surface area is 125 Å². The average molecular weight is 280 g/mol. The second-order valence-corrected chi connectivity index (χ2v) is 6.03. The Hall–Kier alpha value is -1.96. The third kappa shape index (κ3) is 2.63. The van der Waals surface area contributed by atoms with E-state index in [-0.39, 0.29) is 12.2 Å². The first-order chi connectivity index (χ1) is 10.4. The van der Waals surface area contributed by atoms with Gasteiger partial charge in [-0.15, -0.1) is 0 Å². The van der Waals surface area contributed by atoms with Gasteiger partial charge < -0.3 is 9.47 Å². The van der Waals surface area contributed by atoms with Crippen molar-refractivity contribution in [2.24, 2.45) is 0 Å². The van der Waals surface area contributed by atoms with Crippen LogP contribution in [0.1, 0.15) is 30.4 Å². The van der Waals surface area contributed by atoms with E-state index in [1.54, 1.807) is 0 Å². The van der Waals surface area contributed by atoms with Crippen molar-refractivity contribution in [1.82, 2.24) is 0 Å². The van der Waals surface area contributed by atoms with Gasteiger partial charge in [0.15, 0.2) is 0 Å². The van der Waals surface area contributed by atoms with Crippen LogP contribution in [-0.2, 0) is 12.8 Å². The van der Waals surface area contributed by atoms with Crippen LogP contribution < -0.4 is 9.47 Å². The highest BCUT2D eigenvalue weighted by atomic mass is 16.5. The SMILES string of the molecule is c1ccc2c(c1)CC1CCCC(Cc3ccccc3O1)O2. The predicted molar refractivity (Wildman–Crippen MR) is 83.0 cm³/mol. The summed E-state index contributed by atoms with van der Waals surface area (Å²) < 4.78 is 12.7. The standard InChI is InChI=1S/C19H20O2/c1-3-10-18-14(6-1)12-16-8-5-9-17(20-18)13-15-7-2-4-11-19(15)21-16/h1-4,6-7,10-11,16-17H,5,8-9,12-13H2. The fraction of sp³-hybridized carbons (Fsp3) is 0.368. The zero-order chi connectivity index (χ0) is 14.1. The fourth-order valence-corrected chi connectivity index (χ4v) is 3.40. The van der Waals surface area contributed by atoms with Crippen LogP contribution in [0.3, 0.4) is 0 Å². The second kappa shape index (κ2) is 5.44. The molecule has 0 aliphatic carbocycles. The quantitative estimate of drug-likeness (QED) is 0.721. The lowest BCUT2D eigenvalue weighted by molar-refractivity contribution is 0.187. The summed E-state index contributed by atoms with van der Waals surface area (Å²) in [5.41, 5.74) is 2.54. The summed E-state index contributed by atoms with van der Waals surface area (Å²) in [5.74, 6) is 2.08. The Balaban J connectivity index is 1.78. The summed E-state index contributed by atoms with van der Waals surface area (Å²) in [6.07, 6.45) is 5.71. The lowest BCUT2D eigenvalue weighted by Gasteiger charge is -2.24. The van der Waals surface area contributed by atoms with Crippen LogP contribution in [-0.4, -0.2) is 12.2 Å². The molecule has 21 heavy (non-hydrogen) atoms. The highest BCUT2D eigenvalue weighted by Gasteiger charge is 2.25. The first kappa shape index (κ1) is 12.8. The van der Waals surface area contributed by atoms with Gasteiger partial charge in [0, 0.05) is 12.8 Å². The minimum absolute atomic E-state index is 0.243. The summed E-state index contributed by atoms with van der Waals surface area (Å²) >= 11 is 0. The van der Waals surface area contributed by atoms with E-state index in [2.05, 4.69) is 48.5 Å². The Kier molecular flexibility index (Phi) is 3.30. The number of rotatable bonds is 0. The highest BCUT2D eigenvalue weighted by Crippen LogP contribution is 2.32. The largest absolute Gasteiger partial charge is 0.490 e. The molecule has 2 bridgehead atoms. The maximum Gasteiger partial charge on any atom is 0.123 e. The summed E-state index contributed by atoms with van der Waals surface area (Å²) in [6.45, 7) is 0. The van der Waals surface area contributed by atoms with Crippen LogP contribution in [0.15, 0.2) is 48.5 Å². The van der Waals surface area contributed by atoms with Gasteiger partial charge >= 0.3 is 0 Å². The van der Waals surface area contributed by atoms with Crippen LogP contribution in [0.4, 0.5) is 0 Å². The molecule has 2 heterocycles. The smallest absolute Gasteiger partial charge is 0.123 e. The van der Waals surface area contributed by atoms with E-state index in [4.69, 9.17) is 9.47 Å². The van der Waals surface area contributed by atoms with Gasteiger partial charge in [-0.3, -0.25) is 0 Å². The summed E-state index contributed by atoms with van der Waals surface area (Å²) in [6, 6.07) is 16.8. The normalized spacial score (nSPS) is 24.0. The van der Waals surface area contributed by atoms with Crippen molar-refractivity contribution in [3.8, 4) is 11.5 Å². The lowest BCUT2D eigenvalue weighted by atomic mass is 10.0. The average Bonchev–Trinajstić information content (AvgIpc) is 2.63. The van der Waals surface area contributed by atoms with Crippen LogP contribution in [0.5, 0.6) is 11.5 Å². The number of fused-ring (bicyclic) bond motifs is 6. The number of benzene rings is 2. The Morgan fingerprint density at radius 1 is 0.667 bits per heavy atom. The molecular formula is C19H20O2. The van der Waals surface area contributed by atoms with Crippen LogP contribution in [0.2, 0.25) is 0 Å². The molecule has 2 aliphatic heterocycles. The van der Waals surface area contributed by atoms with Crippen molar-refractivity contribution >= 4 is 0 Å². The molecule has 0 aromatic heterocycles. The molecule has 2 aromatic carbocycles. The van der Waals surface area contributed by atoms with Crippen molar-refractivity contribution in [2.45, 2.75) is 44.3 Å². The molecule has 2 unspecified atom stereocenters.